The van der Waals surface area contributed by atoms with Gasteiger partial charge in [-0.1, -0.05) is 11.6 Å². The van der Waals surface area contributed by atoms with E-state index in [0.29, 0.717) is 17.5 Å². The Kier molecular flexibility index (Phi) is 4.78. The number of aliphatic hydroxyl groups is 1. The van der Waals surface area contributed by atoms with E-state index in [9.17, 15) is 0 Å². The Hall–Kier alpha value is -1.10. The SMILES string of the molecule is OCCCCN1CCC(c2nc3cc(Cl)ccc3o2)CC1. The maximum Gasteiger partial charge on any atom is 0.198 e. The molecule has 1 aliphatic heterocycles. The van der Waals surface area contributed by atoms with E-state index >= 15 is 0 Å². The molecule has 5 heteroatoms. The monoisotopic (exact) mass is 308 g/mol. The predicted octanol–water partition coefficient (Wildman–Crippen LogP) is 3.43. The van der Waals surface area contributed by atoms with Crippen molar-refractivity contribution in [1.29, 1.82) is 0 Å². The lowest BCUT2D eigenvalue weighted by molar-refractivity contribution is 0.190. The third-order valence-corrected chi connectivity index (χ3v) is 4.42. The van der Waals surface area contributed by atoms with Gasteiger partial charge in [0, 0.05) is 17.5 Å². The van der Waals surface area contributed by atoms with Gasteiger partial charge in [-0.2, -0.15) is 0 Å². The minimum absolute atomic E-state index is 0.294. The van der Waals surface area contributed by atoms with Gasteiger partial charge in [-0.05, 0) is 63.5 Å². The molecule has 4 nitrogen and oxygen atoms in total. The molecule has 0 radical (unpaired) electrons. The summed E-state index contributed by atoms with van der Waals surface area (Å²) in [6.07, 6.45) is 4.13. The molecular weight excluding hydrogens is 288 g/mol. The number of oxazole rings is 1. The molecule has 0 atom stereocenters. The van der Waals surface area contributed by atoms with Crippen LogP contribution < -0.4 is 0 Å². The second-order valence-corrected chi connectivity index (χ2v) is 6.15. The Morgan fingerprint density at radius 2 is 2.10 bits per heavy atom. The molecule has 3 rings (SSSR count). The highest BCUT2D eigenvalue weighted by Crippen LogP contribution is 2.30. The number of likely N-dealkylation sites (tertiary alicyclic amines) is 1. The minimum Gasteiger partial charge on any atom is -0.440 e. The number of nitrogens with zero attached hydrogens (tertiary/aromatic N) is 2. The zero-order chi connectivity index (χ0) is 14.7. The summed E-state index contributed by atoms with van der Waals surface area (Å²) in [5.41, 5.74) is 1.67. The highest BCUT2D eigenvalue weighted by atomic mass is 35.5. The van der Waals surface area contributed by atoms with Crippen molar-refractivity contribution < 1.29 is 9.52 Å². The molecule has 0 aliphatic carbocycles. The van der Waals surface area contributed by atoms with Gasteiger partial charge in [0.15, 0.2) is 11.5 Å². The molecule has 0 unspecified atom stereocenters. The van der Waals surface area contributed by atoms with Crippen LogP contribution in [0.15, 0.2) is 22.6 Å². The number of hydrogen-bond donors (Lipinski definition) is 1. The third-order valence-electron chi connectivity index (χ3n) is 4.19. The number of halogens is 1. The first kappa shape index (κ1) is 14.8. The fourth-order valence-electron chi connectivity index (χ4n) is 2.94. The number of hydrogen-bond acceptors (Lipinski definition) is 4. The van der Waals surface area contributed by atoms with Crippen LogP contribution >= 0.6 is 11.6 Å². The molecule has 1 saturated heterocycles. The quantitative estimate of drug-likeness (QED) is 0.860. The van der Waals surface area contributed by atoms with Crippen LogP contribution in [0.25, 0.3) is 11.1 Å². The van der Waals surface area contributed by atoms with E-state index < -0.39 is 0 Å². The Morgan fingerprint density at radius 3 is 2.86 bits per heavy atom. The molecule has 2 heterocycles. The van der Waals surface area contributed by atoms with E-state index in [1.54, 1.807) is 0 Å². The zero-order valence-electron chi connectivity index (χ0n) is 12.1. The number of aromatic nitrogens is 1. The summed E-state index contributed by atoms with van der Waals surface area (Å²) in [6.45, 7) is 3.53. The molecule has 1 N–H and O–H groups in total. The number of benzene rings is 1. The van der Waals surface area contributed by atoms with E-state index in [1.165, 1.54) is 0 Å². The summed E-state index contributed by atoms with van der Waals surface area (Å²) in [4.78, 5) is 7.06. The second kappa shape index (κ2) is 6.77. The highest BCUT2D eigenvalue weighted by molar-refractivity contribution is 6.31. The average Bonchev–Trinajstić information content (AvgIpc) is 2.91. The fourth-order valence-corrected chi connectivity index (χ4v) is 3.11. The number of unbranched alkanes of at least 4 members (excludes halogenated alkanes) is 1. The maximum atomic E-state index is 8.83. The van der Waals surface area contributed by atoms with Crippen molar-refractivity contribution in [3.05, 3.63) is 29.1 Å². The van der Waals surface area contributed by atoms with E-state index in [4.69, 9.17) is 21.1 Å². The first-order chi connectivity index (χ1) is 10.3. The molecule has 0 saturated carbocycles. The first-order valence-corrected chi connectivity index (χ1v) is 8.03. The predicted molar refractivity (Wildman–Crippen MR) is 83.8 cm³/mol. The van der Waals surface area contributed by atoms with Gasteiger partial charge in [-0.25, -0.2) is 4.98 Å². The van der Waals surface area contributed by atoms with Crippen LogP contribution in [0.1, 0.15) is 37.5 Å². The zero-order valence-corrected chi connectivity index (χ0v) is 12.9. The van der Waals surface area contributed by atoms with Crippen LogP contribution in [0.5, 0.6) is 0 Å². The number of fused-ring (bicyclic) bond motifs is 1. The highest BCUT2D eigenvalue weighted by Gasteiger charge is 2.24. The standard InChI is InChI=1S/C16H21ClN2O2/c17-13-3-4-15-14(11-13)18-16(21-15)12-5-8-19(9-6-12)7-1-2-10-20/h3-4,11-12,20H,1-2,5-10H2. The summed E-state index contributed by atoms with van der Waals surface area (Å²) < 4.78 is 5.87. The van der Waals surface area contributed by atoms with Crippen LogP contribution in [0.4, 0.5) is 0 Å². The van der Waals surface area contributed by atoms with Gasteiger partial charge in [-0.3, -0.25) is 0 Å². The third kappa shape index (κ3) is 3.57. The lowest BCUT2D eigenvalue weighted by Gasteiger charge is -2.30. The fraction of sp³-hybridized carbons (Fsp3) is 0.562. The van der Waals surface area contributed by atoms with Crippen molar-refractivity contribution >= 4 is 22.7 Å². The molecular formula is C16H21ClN2O2. The summed E-state index contributed by atoms with van der Waals surface area (Å²) >= 11 is 5.99. The molecule has 0 spiro atoms. The van der Waals surface area contributed by atoms with Gasteiger partial charge in [-0.15, -0.1) is 0 Å². The van der Waals surface area contributed by atoms with Gasteiger partial charge in [0.2, 0.25) is 0 Å². The van der Waals surface area contributed by atoms with Crippen LogP contribution in [-0.4, -0.2) is 41.2 Å². The van der Waals surface area contributed by atoms with E-state index in [2.05, 4.69) is 9.88 Å². The summed E-state index contributed by atoms with van der Waals surface area (Å²) in [5.74, 6) is 1.26. The van der Waals surface area contributed by atoms with Crippen molar-refractivity contribution in [3.8, 4) is 0 Å². The van der Waals surface area contributed by atoms with Crippen molar-refractivity contribution in [2.45, 2.75) is 31.6 Å². The summed E-state index contributed by atoms with van der Waals surface area (Å²) in [5, 5.41) is 9.52. The molecule has 1 fully saturated rings. The molecule has 0 amide bonds. The van der Waals surface area contributed by atoms with Crippen LogP contribution in [0, 0.1) is 0 Å². The van der Waals surface area contributed by atoms with E-state index in [1.807, 2.05) is 18.2 Å². The molecule has 0 bridgehead atoms. The summed E-state index contributed by atoms with van der Waals surface area (Å²) in [6, 6.07) is 5.58. The number of piperidine rings is 1. The molecule has 1 aromatic carbocycles. The normalized spacial score (nSPS) is 17.6. The molecule has 1 aliphatic rings. The minimum atomic E-state index is 0.294. The molecule has 1 aromatic heterocycles. The van der Waals surface area contributed by atoms with Crippen molar-refractivity contribution in [2.75, 3.05) is 26.2 Å². The maximum absolute atomic E-state index is 8.83. The van der Waals surface area contributed by atoms with Crippen molar-refractivity contribution in [2.24, 2.45) is 0 Å². The smallest absolute Gasteiger partial charge is 0.198 e. The van der Waals surface area contributed by atoms with Gasteiger partial charge in [0.1, 0.15) is 5.52 Å². The average molecular weight is 309 g/mol. The Labute approximate surface area is 129 Å². The number of aliphatic hydroxyl groups excluding tert-OH is 1. The topological polar surface area (TPSA) is 49.5 Å². The molecule has 2 aromatic rings. The van der Waals surface area contributed by atoms with Crippen LogP contribution in [0.3, 0.4) is 0 Å². The van der Waals surface area contributed by atoms with Crippen LogP contribution in [-0.2, 0) is 0 Å². The van der Waals surface area contributed by atoms with E-state index in [-0.39, 0.29) is 0 Å². The molecule has 114 valence electrons. The number of rotatable bonds is 5. The Balaban J connectivity index is 1.60. The summed E-state index contributed by atoms with van der Waals surface area (Å²) in [7, 11) is 0. The second-order valence-electron chi connectivity index (χ2n) is 5.71. The van der Waals surface area contributed by atoms with Crippen LogP contribution in [0.2, 0.25) is 5.02 Å². The largest absolute Gasteiger partial charge is 0.440 e. The van der Waals surface area contributed by atoms with Gasteiger partial charge >= 0.3 is 0 Å². The van der Waals surface area contributed by atoms with Gasteiger partial charge in [0.25, 0.3) is 0 Å². The van der Waals surface area contributed by atoms with Gasteiger partial charge < -0.3 is 14.4 Å². The lowest BCUT2D eigenvalue weighted by Crippen LogP contribution is -2.33. The Morgan fingerprint density at radius 1 is 1.29 bits per heavy atom. The van der Waals surface area contributed by atoms with E-state index in [0.717, 1.165) is 62.3 Å². The lowest BCUT2D eigenvalue weighted by atomic mass is 9.96. The molecule has 21 heavy (non-hydrogen) atoms. The first-order valence-electron chi connectivity index (χ1n) is 7.65. The van der Waals surface area contributed by atoms with Crippen molar-refractivity contribution in [1.82, 2.24) is 9.88 Å². The van der Waals surface area contributed by atoms with Gasteiger partial charge in [0.05, 0.1) is 0 Å². The van der Waals surface area contributed by atoms with Crippen molar-refractivity contribution in [3.63, 3.8) is 0 Å². The Bertz CT molecular complexity index is 591.